The molecule has 3 aromatic rings. The Labute approximate surface area is 222 Å². The standard InChI is InChI=1S/C26H22ClF3N2O5S/c27-18-10-11-22(21(14-18)26(28,29)30)31-24(33)16-37-25(34)15-23-20-9-5-4-6-17(20)12-13-32(23)38(35,36)19-7-2-1-3-8-19/h1-11,14,23H,12-13,15-16H2,(H,31,33)/t23-/m0/s1. The van der Waals surface area contributed by atoms with Gasteiger partial charge in [-0.25, -0.2) is 8.42 Å². The topological polar surface area (TPSA) is 92.8 Å². The Kier molecular flexibility index (Phi) is 8.10. The molecule has 0 saturated heterocycles. The third-order valence-electron chi connectivity index (χ3n) is 6.00. The maximum absolute atomic E-state index is 13.4. The lowest BCUT2D eigenvalue weighted by atomic mass is 9.92. The van der Waals surface area contributed by atoms with E-state index in [-0.39, 0.29) is 16.5 Å². The maximum Gasteiger partial charge on any atom is 0.418 e. The number of hydrogen-bond donors (Lipinski definition) is 1. The van der Waals surface area contributed by atoms with Crippen LogP contribution in [-0.4, -0.2) is 37.8 Å². The molecule has 38 heavy (non-hydrogen) atoms. The second-order valence-corrected chi connectivity index (χ2v) is 10.8. The van der Waals surface area contributed by atoms with Gasteiger partial charge in [0.15, 0.2) is 6.61 Å². The molecule has 1 heterocycles. The van der Waals surface area contributed by atoms with Gasteiger partial charge in [0.1, 0.15) is 0 Å². The number of amides is 1. The summed E-state index contributed by atoms with van der Waals surface area (Å²) in [4.78, 5) is 25.1. The molecule has 1 atom stereocenters. The summed E-state index contributed by atoms with van der Waals surface area (Å²) in [6, 6.07) is 16.9. The molecule has 0 bridgehead atoms. The Morgan fingerprint density at radius 2 is 1.71 bits per heavy atom. The molecule has 0 saturated carbocycles. The van der Waals surface area contributed by atoms with Gasteiger partial charge in [0.25, 0.3) is 5.91 Å². The van der Waals surface area contributed by atoms with E-state index in [0.717, 1.165) is 11.6 Å². The van der Waals surface area contributed by atoms with Gasteiger partial charge in [-0.2, -0.15) is 17.5 Å². The minimum Gasteiger partial charge on any atom is -0.456 e. The zero-order valence-corrected chi connectivity index (χ0v) is 21.3. The largest absolute Gasteiger partial charge is 0.456 e. The molecule has 0 fully saturated rings. The zero-order valence-electron chi connectivity index (χ0n) is 19.7. The highest BCUT2D eigenvalue weighted by atomic mass is 35.5. The van der Waals surface area contributed by atoms with Crippen molar-refractivity contribution in [1.29, 1.82) is 0 Å². The minimum absolute atomic E-state index is 0.0700. The number of nitrogens with zero attached hydrogens (tertiary/aromatic N) is 1. The summed E-state index contributed by atoms with van der Waals surface area (Å²) < 4.78 is 72.9. The molecule has 1 aliphatic rings. The summed E-state index contributed by atoms with van der Waals surface area (Å²) in [5.74, 6) is -1.88. The first kappa shape index (κ1) is 27.6. The molecule has 0 spiro atoms. The predicted octanol–water partition coefficient (Wildman–Crippen LogP) is 5.22. The maximum atomic E-state index is 13.4. The van der Waals surface area contributed by atoms with E-state index in [1.54, 1.807) is 30.3 Å². The predicted molar refractivity (Wildman–Crippen MR) is 134 cm³/mol. The van der Waals surface area contributed by atoms with E-state index >= 15 is 0 Å². The van der Waals surface area contributed by atoms with Crippen LogP contribution in [0, 0.1) is 0 Å². The number of carbonyl (C=O) groups is 2. The molecule has 7 nitrogen and oxygen atoms in total. The first-order chi connectivity index (χ1) is 18.0. The van der Waals surface area contributed by atoms with Gasteiger partial charge >= 0.3 is 12.1 Å². The molecular formula is C26H22ClF3N2O5S. The summed E-state index contributed by atoms with van der Waals surface area (Å²) in [6.07, 6.45) is -4.73. The number of hydrogen-bond acceptors (Lipinski definition) is 5. The van der Waals surface area contributed by atoms with Gasteiger partial charge in [-0.3, -0.25) is 9.59 Å². The first-order valence-corrected chi connectivity index (χ1v) is 13.3. The highest BCUT2D eigenvalue weighted by Gasteiger charge is 2.38. The van der Waals surface area contributed by atoms with Crippen LogP contribution in [-0.2, 0) is 36.9 Å². The fourth-order valence-corrected chi connectivity index (χ4v) is 6.06. The van der Waals surface area contributed by atoms with Crippen molar-refractivity contribution in [2.45, 2.75) is 30.0 Å². The molecule has 3 aromatic carbocycles. The number of nitrogens with one attached hydrogen (secondary N) is 1. The second-order valence-electron chi connectivity index (χ2n) is 8.49. The molecule has 1 aliphatic heterocycles. The van der Waals surface area contributed by atoms with Crippen molar-refractivity contribution < 1.29 is 35.9 Å². The van der Waals surface area contributed by atoms with Crippen molar-refractivity contribution in [3.8, 4) is 0 Å². The van der Waals surface area contributed by atoms with Crippen molar-refractivity contribution in [3.63, 3.8) is 0 Å². The summed E-state index contributed by atoms with van der Waals surface area (Å²) in [5, 5.41) is 1.91. The average molecular weight is 567 g/mol. The van der Waals surface area contributed by atoms with Gasteiger partial charge in [0, 0.05) is 11.6 Å². The van der Waals surface area contributed by atoms with Crippen LogP contribution in [0.3, 0.4) is 0 Å². The quantitative estimate of drug-likeness (QED) is 0.396. The van der Waals surface area contributed by atoms with Crippen LogP contribution in [0.25, 0.3) is 0 Å². The Balaban J connectivity index is 1.49. The molecule has 12 heteroatoms. The van der Waals surface area contributed by atoms with Crippen LogP contribution in [0.5, 0.6) is 0 Å². The third kappa shape index (κ3) is 6.17. The van der Waals surface area contributed by atoms with Crippen LogP contribution in [0.15, 0.2) is 77.7 Å². The number of sulfonamides is 1. The number of fused-ring (bicyclic) bond motifs is 1. The molecular weight excluding hydrogens is 545 g/mol. The van der Waals surface area contributed by atoms with E-state index in [9.17, 15) is 31.2 Å². The number of rotatable bonds is 7. The van der Waals surface area contributed by atoms with Gasteiger partial charge < -0.3 is 10.1 Å². The van der Waals surface area contributed by atoms with E-state index in [2.05, 4.69) is 5.32 Å². The average Bonchev–Trinajstić information content (AvgIpc) is 2.88. The van der Waals surface area contributed by atoms with Crippen LogP contribution >= 0.6 is 11.6 Å². The number of ether oxygens (including phenoxy) is 1. The lowest BCUT2D eigenvalue weighted by molar-refractivity contribution is -0.148. The lowest BCUT2D eigenvalue weighted by Crippen LogP contribution is -2.41. The number of carbonyl (C=O) groups excluding carboxylic acids is 2. The monoisotopic (exact) mass is 566 g/mol. The summed E-state index contributed by atoms with van der Waals surface area (Å²) >= 11 is 5.64. The normalized spacial score (nSPS) is 15.9. The minimum atomic E-state index is -4.77. The number of benzene rings is 3. The SMILES string of the molecule is O=C(COC(=O)C[C@H]1c2ccccc2CCN1S(=O)(=O)c1ccccc1)Nc1ccc(Cl)cc1C(F)(F)F. The Hall–Kier alpha value is -3.41. The highest BCUT2D eigenvalue weighted by Crippen LogP contribution is 2.37. The van der Waals surface area contributed by atoms with Gasteiger partial charge in [-0.15, -0.1) is 0 Å². The van der Waals surface area contributed by atoms with E-state index in [0.29, 0.717) is 18.1 Å². The fraction of sp³-hybridized carbons (Fsp3) is 0.231. The van der Waals surface area contributed by atoms with Crippen LogP contribution in [0.4, 0.5) is 18.9 Å². The van der Waals surface area contributed by atoms with Gasteiger partial charge in [0.2, 0.25) is 10.0 Å². The van der Waals surface area contributed by atoms with Crippen molar-refractivity contribution >= 4 is 39.2 Å². The third-order valence-corrected chi connectivity index (χ3v) is 8.16. The smallest absolute Gasteiger partial charge is 0.418 e. The molecule has 1 amide bonds. The van der Waals surface area contributed by atoms with E-state index in [4.69, 9.17) is 16.3 Å². The van der Waals surface area contributed by atoms with E-state index in [1.165, 1.54) is 22.5 Å². The number of anilines is 1. The van der Waals surface area contributed by atoms with E-state index < -0.39 is 58.4 Å². The molecule has 1 N–H and O–H groups in total. The van der Waals surface area contributed by atoms with Gasteiger partial charge in [-0.05, 0) is 47.9 Å². The molecule has 0 aliphatic carbocycles. The summed E-state index contributed by atoms with van der Waals surface area (Å²) in [6.45, 7) is -0.734. The fourth-order valence-electron chi connectivity index (χ4n) is 4.27. The van der Waals surface area contributed by atoms with Crippen LogP contribution in [0.2, 0.25) is 5.02 Å². The first-order valence-electron chi connectivity index (χ1n) is 11.4. The second kappa shape index (κ2) is 11.1. The number of halogens is 4. The lowest BCUT2D eigenvalue weighted by Gasteiger charge is -2.36. The van der Waals surface area contributed by atoms with Crippen LogP contribution in [0.1, 0.15) is 29.2 Å². The van der Waals surface area contributed by atoms with Crippen molar-refractivity contribution in [1.82, 2.24) is 4.31 Å². The Morgan fingerprint density at radius 1 is 1.03 bits per heavy atom. The van der Waals surface area contributed by atoms with Gasteiger partial charge in [0.05, 0.1) is 28.6 Å². The van der Waals surface area contributed by atoms with Crippen LogP contribution < -0.4 is 5.32 Å². The van der Waals surface area contributed by atoms with Gasteiger partial charge in [-0.1, -0.05) is 54.1 Å². The molecule has 0 aromatic heterocycles. The number of esters is 1. The van der Waals surface area contributed by atoms with Crippen molar-refractivity contribution in [2.75, 3.05) is 18.5 Å². The molecule has 4 rings (SSSR count). The molecule has 200 valence electrons. The highest BCUT2D eigenvalue weighted by molar-refractivity contribution is 7.89. The Bertz CT molecular complexity index is 1450. The molecule has 0 radical (unpaired) electrons. The number of alkyl halides is 3. The zero-order chi connectivity index (χ0) is 27.5. The molecule has 0 unspecified atom stereocenters. The van der Waals surface area contributed by atoms with E-state index in [1.807, 2.05) is 12.1 Å². The summed E-state index contributed by atoms with van der Waals surface area (Å²) in [7, 11) is -3.96. The Morgan fingerprint density at radius 3 is 2.42 bits per heavy atom. The van der Waals surface area contributed by atoms with Crippen molar-refractivity contribution in [2.24, 2.45) is 0 Å². The summed E-state index contributed by atoms with van der Waals surface area (Å²) in [5.41, 5.74) is -0.171. The van der Waals surface area contributed by atoms with Crippen molar-refractivity contribution in [3.05, 3.63) is 94.5 Å².